The van der Waals surface area contributed by atoms with Gasteiger partial charge in [-0.15, -0.1) is 0 Å². The topological polar surface area (TPSA) is 84.9 Å². The summed E-state index contributed by atoms with van der Waals surface area (Å²) < 4.78 is 35.7. The molecule has 2 aromatic rings. The molecule has 152 valence electrons. The van der Waals surface area contributed by atoms with Gasteiger partial charge in [-0.25, -0.2) is 8.42 Å². The van der Waals surface area contributed by atoms with Gasteiger partial charge in [0.05, 0.1) is 24.2 Å². The summed E-state index contributed by atoms with van der Waals surface area (Å²) in [5.41, 5.74) is 1.10. The Bertz CT molecular complexity index is 897. The number of rotatable bonds is 9. The molecule has 0 unspecified atom stereocenters. The molecule has 0 aliphatic carbocycles. The normalized spacial score (nSPS) is 12.1. The lowest BCUT2D eigenvalue weighted by atomic mass is 10.2. The van der Waals surface area contributed by atoms with Gasteiger partial charge in [-0.3, -0.25) is 9.10 Å². The SMILES string of the molecule is CCOc1ccccc1NC(=O)[C@H](CC)Oc1ccc(N(C)S(C)(=O)=O)cc1. The van der Waals surface area contributed by atoms with Crippen LogP contribution >= 0.6 is 0 Å². The monoisotopic (exact) mass is 406 g/mol. The van der Waals surface area contributed by atoms with Crippen LogP contribution in [0.3, 0.4) is 0 Å². The minimum atomic E-state index is -3.34. The van der Waals surface area contributed by atoms with E-state index in [1.807, 2.05) is 26.0 Å². The summed E-state index contributed by atoms with van der Waals surface area (Å²) in [6.45, 7) is 4.22. The maximum Gasteiger partial charge on any atom is 0.265 e. The van der Waals surface area contributed by atoms with Crippen molar-refractivity contribution in [1.29, 1.82) is 0 Å². The number of carbonyl (C=O) groups excluding carboxylic acids is 1. The van der Waals surface area contributed by atoms with Crippen LogP contribution in [0.4, 0.5) is 11.4 Å². The highest BCUT2D eigenvalue weighted by atomic mass is 32.2. The zero-order chi connectivity index (χ0) is 20.7. The number of carbonyl (C=O) groups is 1. The molecule has 2 aromatic carbocycles. The molecular weight excluding hydrogens is 380 g/mol. The third-order valence-electron chi connectivity index (χ3n) is 4.08. The molecule has 1 N–H and O–H groups in total. The van der Waals surface area contributed by atoms with Crippen molar-refractivity contribution in [3.63, 3.8) is 0 Å². The van der Waals surface area contributed by atoms with Crippen LogP contribution < -0.4 is 19.1 Å². The molecule has 0 saturated heterocycles. The Morgan fingerprint density at radius 1 is 1.11 bits per heavy atom. The van der Waals surface area contributed by atoms with E-state index in [0.717, 1.165) is 6.26 Å². The molecule has 0 radical (unpaired) electrons. The molecule has 0 saturated carbocycles. The van der Waals surface area contributed by atoms with Gasteiger partial charge in [0.25, 0.3) is 5.91 Å². The number of nitrogens with one attached hydrogen (secondary N) is 1. The molecule has 1 atom stereocenters. The van der Waals surface area contributed by atoms with Gasteiger partial charge in [0.1, 0.15) is 11.5 Å². The number of amides is 1. The molecule has 0 aliphatic rings. The van der Waals surface area contributed by atoms with E-state index in [9.17, 15) is 13.2 Å². The number of hydrogen-bond donors (Lipinski definition) is 1. The predicted molar refractivity (Wildman–Crippen MR) is 111 cm³/mol. The fourth-order valence-corrected chi connectivity index (χ4v) is 2.98. The van der Waals surface area contributed by atoms with Crippen LogP contribution in [0, 0.1) is 0 Å². The highest BCUT2D eigenvalue weighted by Crippen LogP contribution is 2.25. The average Bonchev–Trinajstić information content (AvgIpc) is 2.67. The molecule has 8 heteroatoms. The summed E-state index contributed by atoms with van der Waals surface area (Å²) >= 11 is 0. The first-order valence-electron chi connectivity index (χ1n) is 8.99. The second kappa shape index (κ2) is 9.45. The Morgan fingerprint density at radius 2 is 1.75 bits per heavy atom. The molecule has 0 aromatic heterocycles. The third-order valence-corrected chi connectivity index (χ3v) is 5.29. The summed E-state index contributed by atoms with van der Waals surface area (Å²) in [5, 5.41) is 2.84. The largest absolute Gasteiger partial charge is 0.492 e. The van der Waals surface area contributed by atoms with E-state index in [1.165, 1.54) is 11.4 Å². The van der Waals surface area contributed by atoms with Crippen LogP contribution in [0.2, 0.25) is 0 Å². The highest BCUT2D eigenvalue weighted by molar-refractivity contribution is 7.92. The summed E-state index contributed by atoms with van der Waals surface area (Å²) in [5.74, 6) is 0.791. The van der Waals surface area contributed by atoms with Crippen molar-refractivity contribution < 1.29 is 22.7 Å². The van der Waals surface area contributed by atoms with Gasteiger partial charge in [0, 0.05) is 7.05 Å². The predicted octanol–water partition coefficient (Wildman–Crippen LogP) is 3.28. The third kappa shape index (κ3) is 5.63. The second-order valence-electron chi connectivity index (χ2n) is 6.16. The lowest BCUT2D eigenvalue weighted by Crippen LogP contribution is -2.32. The first kappa shape index (κ1) is 21.6. The lowest BCUT2D eigenvalue weighted by molar-refractivity contribution is -0.122. The Morgan fingerprint density at radius 3 is 2.32 bits per heavy atom. The molecule has 0 bridgehead atoms. The fourth-order valence-electron chi connectivity index (χ4n) is 2.48. The van der Waals surface area contributed by atoms with Crippen molar-refractivity contribution >= 4 is 27.3 Å². The van der Waals surface area contributed by atoms with Crippen LogP contribution in [-0.4, -0.2) is 40.3 Å². The van der Waals surface area contributed by atoms with Crippen molar-refractivity contribution in [1.82, 2.24) is 0 Å². The molecule has 2 rings (SSSR count). The first-order valence-corrected chi connectivity index (χ1v) is 10.8. The van der Waals surface area contributed by atoms with Crippen LogP contribution in [0.1, 0.15) is 20.3 Å². The van der Waals surface area contributed by atoms with E-state index in [-0.39, 0.29) is 5.91 Å². The number of para-hydroxylation sites is 2. The fraction of sp³-hybridized carbons (Fsp3) is 0.350. The molecule has 0 aliphatic heterocycles. The smallest absolute Gasteiger partial charge is 0.265 e. The Balaban J connectivity index is 2.08. The van der Waals surface area contributed by atoms with Gasteiger partial charge in [0.2, 0.25) is 10.0 Å². The van der Waals surface area contributed by atoms with Crippen LogP contribution in [0.5, 0.6) is 11.5 Å². The van der Waals surface area contributed by atoms with Gasteiger partial charge in [0.15, 0.2) is 6.10 Å². The van der Waals surface area contributed by atoms with E-state index >= 15 is 0 Å². The summed E-state index contributed by atoms with van der Waals surface area (Å²) in [4.78, 5) is 12.6. The maximum atomic E-state index is 12.6. The van der Waals surface area contributed by atoms with Gasteiger partial charge in [-0.2, -0.15) is 0 Å². The van der Waals surface area contributed by atoms with Crippen LogP contribution in [0.15, 0.2) is 48.5 Å². The number of nitrogens with zero attached hydrogens (tertiary/aromatic N) is 1. The molecule has 28 heavy (non-hydrogen) atoms. The number of anilines is 2. The standard InChI is InChI=1S/C20H26N2O5S/c1-5-18(20(23)21-17-9-7-8-10-19(17)26-6-2)27-16-13-11-15(12-14-16)22(3)28(4,24)25/h7-14,18H,5-6H2,1-4H3,(H,21,23)/t18-/m0/s1. The number of benzene rings is 2. The van der Waals surface area contributed by atoms with Gasteiger partial charge < -0.3 is 14.8 Å². The maximum absolute atomic E-state index is 12.6. The van der Waals surface area contributed by atoms with E-state index in [0.29, 0.717) is 35.9 Å². The highest BCUT2D eigenvalue weighted by Gasteiger charge is 2.20. The summed E-state index contributed by atoms with van der Waals surface area (Å²) in [6, 6.07) is 13.8. The number of hydrogen-bond acceptors (Lipinski definition) is 5. The molecule has 0 fully saturated rings. The number of ether oxygens (including phenoxy) is 2. The van der Waals surface area contributed by atoms with Crippen molar-refractivity contribution in [2.24, 2.45) is 0 Å². The quantitative estimate of drug-likeness (QED) is 0.691. The Hall–Kier alpha value is -2.74. The average molecular weight is 407 g/mol. The molecule has 7 nitrogen and oxygen atoms in total. The van der Waals surface area contributed by atoms with Crippen molar-refractivity contribution in [3.05, 3.63) is 48.5 Å². The Kier molecular flexibility index (Phi) is 7.28. The van der Waals surface area contributed by atoms with E-state index in [1.54, 1.807) is 36.4 Å². The van der Waals surface area contributed by atoms with Crippen LogP contribution in [0.25, 0.3) is 0 Å². The Labute approximate surface area is 166 Å². The van der Waals surface area contributed by atoms with Gasteiger partial charge in [-0.1, -0.05) is 19.1 Å². The van der Waals surface area contributed by atoms with Gasteiger partial charge >= 0.3 is 0 Å². The minimum Gasteiger partial charge on any atom is -0.492 e. The van der Waals surface area contributed by atoms with E-state index in [4.69, 9.17) is 9.47 Å². The van der Waals surface area contributed by atoms with E-state index < -0.39 is 16.1 Å². The van der Waals surface area contributed by atoms with Crippen molar-refractivity contribution in [2.75, 3.05) is 29.5 Å². The first-order chi connectivity index (χ1) is 13.3. The van der Waals surface area contributed by atoms with E-state index in [2.05, 4.69) is 5.32 Å². The minimum absolute atomic E-state index is 0.285. The molecule has 1 amide bonds. The van der Waals surface area contributed by atoms with Gasteiger partial charge in [-0.05, 0) is 49.7 Å². The number of sulfonamides is 1. The van der Waals surface area contributed by atoms with Crippen LogP contribution in [-0.2, 0) is 14.8 Å². The lowest BCUT2D eigenvalue weighted by Gasteiger charge is -2.20. The van der Waals surface area contributed by atoms with Crippen molar-refractivity contribution in [2.45, 2.75) is 26.4 Å². The zero-order valence-electron chi connectivity index (χ0n) is 16.5. The van der Waals surface area contributed by atoms with Crippen molar-refractivity contribution in [3.8, 4) is 11.5 Å². The zero-order valence-corrected chi connectivity index (χ0v) is 17.3. The summed E-state index contributed by atoms with van der Waals surface area (Å²) in [6.07, 6.45) is 0.899. The summed E-state index contributed by atoms with van der Waals surface area (Å²) in [7, 11) is -1.86. The molecular formula is C20H26N2O5S. The molecule has 0 heterocycles. The molecule has 0 spiro atoms. The second-order valence-corrected chi connectivity index (χ2v) is 8.17.